The SMILES string of the molecule is Nc1ccc(Oc2cc(Oc3ccc(N)c(O)c3C3C4CC5CC(C4)CC3C5)c(C34CC5CC(CC(C5)C3)C4)cc2C23CC4CC(CC(C4)C2)C3)c(C2C3CC4CC(C3)CC2C4)c1O. The van der Waals surface area contributed by atoms with Crippen LogP contribution in [0.25, 0.3) is 0 Å². The lowest BCUT2D eigenvalue weighted by atomic mass is 9.46. The molecule has 6 nitrogen and oxygen atoms in total. The molecule has 19 rings (SSSR count). The van der Waals surface area contributed by atoms with Crippen molar-refractivity contribution in [2.24, 2.45) is 82.9 Å². The Morgan fingerprint density at radius 2 is 0.672 bits per heavy atom. The highest BCUT2D eigenvalue weighted by Crippen LogP contribution is 2.68. The highest BCUT2D eigenvalue weighted by Gasteiger charge is 2.57. The molecule has 0 aliphatic heterocycles. The van der Waals surface area contributed by atoms with Crippen LogP contribution in [-0.4, -0.2) is 10.2 Å². The Morgan fingerprint density at radius 1 is 0.375 bits per heavy atom. The molecule has 64 heavy (non-hydrogen) atoms. The summed E-state index contributed by atoms with van der Waals surface area (Å²) in [5.74, 6) is 15.0. The zero-order valence-corrected chi connectivity index (χ0v) is 38.1. The van der Waals surface area contributed by atoms with Gasteiger partial charge in [-0.3, -0.25) is 0 Å². The molecule has 6 heteroatoms. The van der Waals surface area contributed by atoms with Crippen LogP contribution in [0, 0.1) is 82.9 Å². The highest BCUT2D eigenvalue weighted by molar-refractivity contribution is 5.66. The van der Waals surface area contributed by atoms with E-state index in [9.17, 15) is 10.2 Å². The number of benzene rings is 3. The lowest BCUT2D eigenvalue weighted by Gasteiger charge is -2.59. The number of nitrogen functional groups attached to an aromatic ring is 2. The molecule has 0 heterocycles. The number of anilines is 2. The standard InChI is InChI=1S/C58H72N2O4/c59-45-1-3-47(53(55(45)61)51-39-13-29-5-30(15-39)16-40(51)14-29)63-49-22-50(64-48-4-2-46(60)56(62)54(48)52-41-17-31-6-32(19-41)20-42(52)18-31)44(58-26-36-10-37(27-58)12-38(11-36)28-58)21-43(49)57-23-33-7-34(24-57)9-35(8-33)25-57/h1-4,21-22,29-42,51-52,61-62H,5-20,23-28,59-60H2. The largest absolute Gasteiger partial charge is 0.505 e. The second kappa shape index (κ2) is 13.6. The third-order valence-electron chi connectivity index (χ3n) is 22.3. The summed E-state index contributed by atoms with van der Waals surface area (Å²) in [6, 6.07) is 13.1. The molecule has 6 N–H and O–H groups in total. The molecule has 0 atom stereocenters. The van der Waals surface area contributed by atoms with Gasteiger partial charge >= 0.3 is 0 Å². The second-order valence-corrected chi connectivity index (χ2v) is 26.2. The summed E-state index contributed by atoms with van der Waals surface area (Å²) >= 11 is 0. The van der Waals surface area contributed by atoms with Crippen molar-refractivity contribution >= 4 is 11.4 Å². The molecule has 0 unspecified atom stereocenters. The summed E-state index contributed by atoms with van der Waals surface area (Å²) in [6.45, 7) is 0. The molecule has 16 fully saturated rings. The molecule has 338 valence electrons. The molecule has 0 spiro atoms. The van der Waals surface area contributed by atoms with Gasteiger partial charge in [0, 0.05) is 28.3 Å². The molecule has 0 radical (unpaired) electrons. The molecule has 0 aromatic heterocycles. The molecule has 16 aliphatic carbocycles. The molecule has 16 saturated carbocycles. The monoisotopic (exact) mass is 861 g/mol. The predicted molar refractivity (Wildman–Crippen MR) is 251 cm³/mol. The van der Waals surface area contributed by atoms with E-state index in [-0.39, 0.29) is 34.2 Å². The van der Waals surface area contributed by atoms with E-state index < -0.39 is 0 Å². The molecule has 3 aromatic carbocycles. The van der Waals surface area contributed by atoms with Crippen LogP contribution >= 0.6 is 0 Å². The van der Waals surface area contributed by atoms with Gasteiger partial charge in [-0.2, -0.15) is 0 Å². The number of rotatable bonds is 8. The Kier molecular flexibility index (Phi) is 8.16. The molecule has 0 saturated heterocycles. The Balaban J connectivity index is 0.920. The van der Waals surface area contributed by atoms with Crippen molar-refractivity contribution in [2.75, 3.05) is 11.5 Å². The van der Waals surface area contributed by atoms with Crippen LogP contribution in [0.1, 0.15) is 175 Å². The van der Waals surface area contributed by atoms with E-state index in [4.69, 9.17) is 20.9 Å². The van der Waals surface area contributed by atoms with Crippen LogP contribution < -0.4 is 20.9 Å². The van der Waals surface area contributed by atoms with E-state index in [0.717, 1.165) is 93.3 Å². The maximum Gasteiger partial charge on any atom is 0.145 e. The fraction of sp³-hybridized carbons (Fsp3) is 0.690. The van der Waals surface area contributed by atoms with Crippen LogP contribution in [0.4, 0.5) is 11.4 Å². The second-order valence-electron chi connectivity index (χ2n) is 26.2. The first-order valence-corrected chi connectivity index (χ1v) is 26.9. The van der Waals surface area contributed by atoms with Gasteiger partial charge < -0.3 is 31.2 Å². The van der Waals surface area contributed by atoms with E-state index in [1.807, 2.05) is 12.1 Å². The van der Waals surface area contributed by atoms with Gasteiger partial charge in [0.05, 0.1) is 11.4 Å². The van der Waals surface area contributed by atoms with E-state index in [0.29, 0.717) is 35.0 Å². The van der Waals surface area contributed by atoms with Gasteiger partial charge in [0.15, 0.2) is 0 Å². The Labute approximate surface area is 381 Å². The van der Waals surface area contributed by atoms with Crippen molar-refractivity contribution in [1.82, 2.24) is 0 Å². The zero-order valence-electron chi connectivity index (χ0n) is 38.1. The summed E-state index contributed by atoms with van der Waals surface area (Å²) in [7, 11) is 0. The van der Waals surface area contributed by atoms with Crippen molar-refractivity contribution in [3.8, 4) is 34.5 Å². The fourth-order valence-corrected chi connectivity index (χ4v) is 21.5. The summed E-state index contributed by atoms with van der Waals surface area (Å²) in [6.07, 6.45) is 28.9. The molecular formula is C58H72N2O4. The van der Waals surface area contributed by atoms with Crippen molar-refractivity contribution in [3.63, 3.8) is 0 Å². The summed E-state index contributed by atoms with van der Waals surface area (Å²) in [5.41, 5.74) is 19.3. The van der Waals surface area contributed by atoms with Gasteiger partial charge in [0.2, 0.25) is 0 Å². The lowest BCUT2D eigenvalue weighted by molar-refractivity contribution is -0.00971. The lowest BCUT2D eigenvalue weighted by Crippen LogP contribution is -2.50. The Hall–Kier alpha value is -3.54. The number of hydrogen-bond donors (Lipinski definition) is 4. The van der Waals surface area contributed by atoms with E-state index in [1.54, 1.807) is 0 Å². The van der Waals surface area contributed by atoms with E-state index >= 15 is 0 Å². The smallest absolute Gasteiger partial charge is 0.145 e. The van der Waals surface area contributed by atoms with Crippen LogP contribution in [-0.2, 0) is 10.8 Å². The van der Waals surface area contributed by atoms with E-state index in [2.05, 4.69) is 24.3 Å². The predicted octanol–water partition coefficient (Wildman–Crippen LogP) is 13.9. The van der Waals surface area contributed by atoms with Crippen LogP contribution in [0.15, 0.2) is 36.4 Å². The van der Waals surface area contributed by atoms with Crippen molar-refractivity contribution in [1.29, 1.82) is 0 Å². The first-order valence-electron chi connectivity index (χ1n) is 26.9. The average Bonchev–Trinajstić information content (AvgIpc) is 3.23. The van der Waals surface area contributed by atoms with Gasteiger partial charge in [-0.05, 0) is 277 Å². The average molecular weight is 861 g/mol. The summed E-state index contributed by atoms with van der Waals surface area (Å²) in [4.78, 5) is 0. The first-order chi connectivity index (χ1) is 31.1. The zero-order chi connectivity index (χ0) is 42.4. The minimum atomic E-state index is 0.0866. The van der Waals surface area contributed by atoms with Crippen molar-refractivity contribution in [3.05, 3.63) is 58.7 Å². The number of aromatic hydroxyl groups is 2. The normalized spacial score (nSPS) is 45.8. The maximum absolute atomic E-state index is 12.2. The Morgan fingerprint density at radius 3 is 0.984 bits per heavy atom. The number of nitrogens with two attached hydrogens (primary N) is 2. The molecule has 0 amide bonds. The van der Waals surface area contributed by atoms with Gasteiger partial charge in [-0.25, -0.2) is 0 Å². The fourth-order valence-electron chi connectivity index (χ4n) is 21.5. The van der Waals surface area contributed by atoms with Crippen molar-refractivity contribution < 1.29 is 19.7 Å². The molecule has 16 aliphatic rings. The summed E-state index contributed by atoms with van der Waals surface area (Å²) in [5, 5.41) is 24.3. The number of phenolic OH excluding ortho intramolecular Hbond substituents is 2. The van der Waals surface area contributed by atoms with Gasteiger partial charge in [-0.15, -0.1) is 0 Å². The first kappa shape index (κ1) is 38.6. The van der Waals surface area contributed by atoms with Crippen molar-refractivity contribution in [2.45, 2.75) is 164 Å². The summed E-state index contributed by atoms with van der Waals surface area (Å²) < 4.78 is 15.4. The maximum atomic E-state index is 12.2. The molecule has 3 aromatic rings. The van der Waals surface area contributed by atoms with Gasteiger partial charge in [0.1, 0.15) is 34.5 Å². The molecule has 16 bridgehead atoms. The minimum Gasteiger partial charge on any atom is -0.505 e. The topological polar surface area (TPSA) is 111 Å². The van der Waals surface area contributed by atoms with Crippen LogP contribution in [0.3, 0.4) is 0 Å². The van der Waals surface area contributed by atoms with E-state index in [1.165, 1.54) is 152 Å². The van der Waals surface area contributed by atoms with Gasteiger partial charge in [0.25, 0.3) is 0 Å². The molecular weight excluding hydrogens is 789 g/mol. The third-order valence-corrected chi connectivity index (χ3v) is 22.3. The third kappa shape index (κ3) is 5.67. The quantitative estimate of drug-likeness (QED) is 0.133. The number of phenols is 2. The number of ether oxygens (including phenoxy) is 2. The van der Waals surface area contributed by atoms with Crippen LogP contribution in [0.2, 0.25) is 0 Å². The Bertz CT molecular complexity index is 2140. The van der Waals surface area contributed by atoms with Crippen LogP contribution in [0.5, 0.6) is 34.5 Å². The number of hydrogen-bond acceptors (Lipinski definition) is 6. The minimum absolute atomic E-state index is 0.0866. The van der Waals surface area contributed by atoms with Gasteiger partial charge in [-0.1, -0.05) is 0 Å². The highest BCUT2D eigenvalue weighted by atomic mass is 16.5.